The van der Waals surface area contributed by atoms with Crippen LogP contribution in [0.4, 0.5) is 4.39 Å². The summed E-state index contributed by atoms with van der Waals surface area (Å²) >= 11 is 0. The molecule has 0 fully saturated rings. The second-order valence-electron chi connectivity index (χ2n) is 4.49. The molecule has 0 aromatic heterocycles. The third-order valence-corrected chi connectivity index (χ3v) is 2.96. The first kappa shape index (κ1) is 13.2. The fraction of sp³-hybridized carbons (Fsp3) is 0.600. The van der Waals surface area contributed by atoms with Crippen molar-refractivity contribution in [1.29, 1.82) is 0 Å². The van der Waals surface area contributed by atoms with Gasteiger partial charge in [0.25, 0.3) is 0 Å². The maximum atomic E-state index is 13.6. The Hall–Kier alpha value is -0.850. The first-order valence-corrected chi connectivity index (χ1v) is 6.55. The second-order valence-corrected chi connectivity index (χ2v) is 4.49. The fourth-order valence-electron chi connectivity index (χ4n) is 1.97. The largest absolute Gasteiger partial charge is 0.207 e. The van der Waals surface area contributed by atoms with Crippen molar-refractivity contribution in [3.8, 4) is 0 Å². The van der Waals surface area contributed by atoms with Crippen LogP contribution in [0.3, 0.4) is 0 Å². The number of unbranched alkanes of at least 4 members (excludes halogenated alkanes) is 3. The average Bonchev–Trinajstić information content (AvgIpc) is 2.28. The van der Waals surface area contributed by atoms with Gasteiger partial charge in [-0.2, -0.15) is 0 Å². The van der Waals surface area contributed by atoms with E-state index in [0.29, 0.717) is 0 Å². The van der Waals surface area contributed by atoms with Gasteiger partial charge in [0, 0.05) is 0 Å². The summed E-state index contributed by atoms with van der Waals surface area (Å²) in [4.78, 5) is 0. The van der Waals surface area contributed by atoms with E-state index >= 15 is 0 Å². The summed E-state index contributed by atoms with van der Waals surface area (Å²) in [5, 5.41) is 0. The van der Waals surface area contributed by atoms with E-state index in [9.17, 15) is 4.39 Å². The maximum absolute atomic E-state index is 13.6. The molecule has 16 heavy (non-hydrogen) atoms. The van der Waals surface area contributed by atoms with Crippen molar-refractivity contribution < 1.29 is 4.39 Å². The van der Waals surface area contributed by atoms with Crippen molar-refractivity contribution in [2.24, 2.45) is 0 Å². The molecule has 0 nitrogen and oxygen atoms in total. The van der Waals surface area contributed by atoms with Crippen LogP contribution < -0.4 is 0 Å². The highest BCUT2D eigenvalue weighted by molar-refractivity contribution is 5.24. The molecule has 1 heteroatoms. The third-order valence-electron chi connectivity index (χ3n) is 2.96. The summed E-state index contributed by atoms with van der Waals surface area (Å²) in [6.07, 6.45) is 7.85. The molecule has 0 aliphatic carbocycles. The lowest BCUT2D eigenvalue weighted by molar-refractivity contribution is 0.602. The van der Waals surface area contributed by atoms with E-state index in [1.807, 2.05) is 6.07 Å². The first-order valence-electron chi connectivity index (χ1n) is 6.55. The van der Waals surface area contributed by atoms with Gasteiger partial charge in [-0.3, -0.25) is 0 Å². The second kappa shape index (κ2) is 7.43. The van der Waals surface area contributed by atoms with E-state index in [4.69, 9.17) is 0 Å². The summed E-state index contributed by atoms with van der Waals surface area (Å²) in [6, 6.07) is 5.75. The molecule has 0 bridgehead atoms. The van der Waals surface area contributed by atoms with Crippen molar-refractivity contribution >= 4 is 0 Å². The minimum absolute atomic E-state index is 0.0187. The number of halogens is 1. The minimum atomic E-state index is -0.0187. The quantitative estimate of drug-likeness (QED) is 0.575. The Morgan fingerprint density at radius 1 is 0.938 bits per heavy atom. The summed E-state index contributed by atoms with van der Waals surface area (Å²) in [5.74, 6) is -0.0187. The molecule has 0 aliphatic heterocycles. The summed E-state index contributed by atoms with van der Waals surface area (Å²) in [6.45, 7) is 4.29. The minimum Gasteiger partial charge on any atom is -0.207 e. The zero-order chi connectivity index (χ0) is 11.8. The molecule has 0 amide bonds. The number of rotatable bonds is 7. The van der Waals surface area contributed by atoms with Gasteiger partial charge in [0.1, 0.15) is 5.82 Å². The standard InChI is InChI=1S/C15H23F/c1-3-5-6-7-9-13-10-11-14(8-4-2)15(16)12-13/h10-12H,3-9H2,1-2H3. The SMILES string of the molecule is CCCCCCc1ccc(CCC)c(F)c1. The Labute approximate surface area is 98.9 Å². The molecule has 0 spiro atoms. The van der Waals surface area contributed by atoms with Crippen molar-refractivity contribution in [3.63, 3.8) is 0 Å². The normalized spacial score (nSPS) is 10.7. The molecule has 1 rings (SSSR count). The van der Waals surface area contributed by atoms with Gasteiger partial charge in [0.2, 0.25) is 0 Å². The van der Waals surface area contributed by atoms with E-state index in [-0.39, 0.29) is 5.82 Å². The van der Waals surface area contributed by atoms with Crippen LogP contribution in [-0.2, 0) is 12.8 Å². The Morgan fingerprint density at radius 2 is 1.75 bits per heavy atom. The average molecular weight is 222 g/mol. The van der Waals surface area contributed by atoms with Crippen LogP contribution in [0.2, 0.25) is 0 Å². The third kappa shape index (κ3) is 4.34. The molecule has 1 aromatic rings. The van der Waals surface area contributed by atoms with Gasteiger partial charge in [0.15, 0.2) is 0 Å². The summed E-state index contributed by atoms with van der Waals surface area (Å²) < 4.78 is 13.6. The molecule has 0 heterocycles. The topological polar surface area (TPSA) is 0 Å². The lowest BCUT2D eigenvalue weighted by Gasteiger charge is -2.05. The monoisotopic (exact) mass is 222 g/mol. The van der Waals surface area contributed by atoms with Crippen LogP contribution in [0, 0.1) is 5.82 Å². The summed E-state index contributed by atoms with van der Waals surface area (Å²) in [5.41, 5.74) is 2.01. The highest BCUT2D eigenvalue weighted by Crippen LogP contribution is 2.14. The zero-order valence-electron chi connectivity index (χ0n) is 10.6. The van der Waals surface area contributed by atoms with Gasteiger partial charge in [0.05, 0.1) is 0 Å². The van der Waals surface area contributed by atoms with Crippen LogP contribution in [0.25, 0.3) is 0 Å². The molecule has 0 aliphatic rings. The first-order chi connectivity index (χ1) is 7.77. The van der Waals surface area contributed by atoms with Crippen LogP contribution in [-0.4, -0.2) is 0 Å². The molecule has 90 valence electrons. The molecular weight excluding hydrogens is 199 g/mol. The molecule has 0 saturated heterocycles. The number of hydrogen-bond donors (Lipinski definition) is 0. The Kier molecular flexibility index (Phi) is 6.14. The predicted molar refractivity (Wildman–Crippen MR) is 68.2 cm³/mol. The Morgan fingerprint density at radius 3 is 2.38 bits per heavy atom. The molecular formula is C15H23F. The Bertz CT molecular complexity index is 304. The lowest BCUT2D eigenvalue weighted by Crippen LogP contribution is -1.93. The number of hydrogen-bond acceptors (Lipinski definition) is 0. The Balaban J connectivity index is 2.46. The van der Waals surface area contributed by atoms with Gasteiger partial charge in [-0.1, -0.05) is 51.7 Å². The zero-order valence-corrected chi connectivity index (χ0v) is 10.6. The molecule has 0 N–H and O–H groups in total. The highest BCUT2D eigenvalue weighted by Gasteiger charge is 2.02. The molecule has 0 unspecified atom stereocenters. The van der Waals surface area contributed by atoms with E-state index in [2.05, 4.69) is 19.9 Å². The van der Waals surface area contributed by atoms with Crippen molar-refractivity contribution in [2.75, 3.05) is 0 Å². The number of aryl methyl sites for hydroxylation is 2. The van der Waals surface area contributed by atoms with E-state index < -0.39 is 0 Å². The smallest absolute Gasteiger partial charge is 0.126 e. The van der Waals surface area contributed by atoms with E-state index in [1.54, 1.807) is 6.07 Å². The van der Waals surface area contributed by atoms with Crippen LogP contribution in [0.15, 0.2) is 18.2 Å². The molecule has 0 saturated carbocycles. The maximum Gasteiger partial charge on any atom is 0.126 e. The molecule has 0 atom stereocenters. The highest BCUT2D eigenvalue weighted by atomic mass is 19.1. The van der Waals surface area contributed by atoms with Gasteiger partial charge in [-0.25, -0.2) is 4.39 Å². The van der Waals surface area contributed by atoms with Gasteiger partial charge in [-0.05, 0) is 36.5 Å². The van der Waals surface area contributed by atoms with Gasteiger partial charge >= 0.3 is 0 Å². The van der Waals surface area contributed by atoms with Crippen LogP contribution in [0.1, 0.15) is 57.1 Å². The van der Waals surface area contributed by atoms with Gasteiger partial charge < -0.3 is 0 Å². The van der Waals surface area contributed by atoms with Crippen molar-refractivity contribution in [3.05, 3.63) is 35.1 Å². The fourth-order valence-corrected chi connectivity index (χ4v) is 1.97. The van der Waals surface area contributed by atoms with Crippen LogP contribution >= 0.6 is 0 Å². The van der Waals surface area contributed by atoms with Crippen molar-refractivity contribution in [2.45, 2.75) is 58.8 Å². The van der Waals surface area contributed by atoms with E-state index in [1.165, 1.54) is 25.7 Å². The van der Waals surface area contributed by atoms with E-state index in [0.717, 1.165) is 30.4 Å². The van der Waals surface area contributed by atoms with Crippen LogP contribution in [0.5, 0.6) is 0 Å². The number of benzene rings is 1. The predicted octanol–water partition coefficient (Wildman–Crippen LogP) is 4.90. The van der Waals surface area contributed by atoms with Crippen molar-refractivity contribution in [1.82, 2.24) is 0 Å². The molecule has 0 radical (unpaired) electrons. The molecule has 1 aromatic carbocycles. The lowest BCUT2D eigenvalue weighted by atomic mass is 10.0. The van der Waals surface area contributed by atoms with Gasteiger partial charge in [-0.15, -0.1) is 0 Å². The summed E-state index contributed by atoms with van der Waals surface area (Å²) in [7, 11) is 0.